The van der Waals surface area contributed by atoms with Crippen molar-refractivity contribution in [1.29, 1.82) is 0 Å². The zero-order valence-corrected chi connectivity index (χ0v) is 19.5. The number of nitrogens with zero attached hydrogens (tertiary/aromatic N) is 2. The largest absolute Gasteiger partial charge is 0.394 e. The zero-order valence-electron chi connectivity index (χ0n) is 18.0. The molecule has 2 aliphatic rings. The van der Waals surface area contributed by atoms with E-state index in [0.717, 1.165) is 11.4 Å². The van der Waals surface area contributed by atoms with Crippen molar-refractivity contribution in [2.24, 2.45) is 10.9 Å². The number of aliphatic hydroxyl groups excluding tert-OH is 1. The van der Waals surface area contributed by atoms with E-state index in [1.807, 2.05) is 42.3 Å². The molecule has 3 rings (SSSR count). The first-order chi connectivity index (χ1) is 14.5. The summed E-state index contributed by atoms with van der Waals surface area (Å²) in [5.41, 5.74) is 0.899. The van der Waals surface area contributed by atoms with E-state index in [4.69, 9.17) is 11.6 Å². The molecule has 2 heterocycles. The van der Waals surface area contributed by atoms with E-state index in [1.54, 1.807) is 6.34 Å². The summed E-state index contributed by atoms with van der Waals surface area (Å²) in [4.78, 5) is 18.4. The number of carbonyl (C=O) groups excluding carboxylic acids is 1. The number of carbonyl (C=O) groups is 1. The van der Waals surface area contributed by atoms with E-state index in [0.29, 0.717) is 30.7 Å². The van der Waals surface area contributed by atoms with Gasteiger partial charge in [0.25, 0.3) is 0 Å². The monoisotopic (exact) mass is 457 g/mol. The van der Waals surface area contributed by atoms with Crippen LogP contribution in [0.4, 0.5) is 0 Å². The number of aliphatic hydroxyl groups is 1. The molecule has 1 aromatic rings. The summed E-state index contributed by atoms with van der Waals surface area (Å²) in [5, 5.41) is 19.1. The Labute approximate surface area is 189 Å². The zero-order chi connectivity index (χ0) is 22.5. The third-order valence-corrected chi connectivity index (χ3v) is 4.93. The Bertz CT molecular complexity index is 692. The standard InChI is InChI=1S/C16H19ClN4O2.C4H11N.CH3Cl/c17-13-6-18-10-19-15(13)21-7-12(8-21)16(23)20-14(9-22)11-4-2-1-3-5-11;1-4(2)5-3;1-2/h1-5,10,12,14,22H,6-9H2,(H,18,19)(H,20,23);4-5H,1-3H3;1H3. The van der Waals surface area contributed by atoms with Crippen molar-refractivity contribution in [3.8, 4) is 0 Å². The van der Waals surface area contributed by atoms with Gasteiger partial charge in [-0.1, -0.05) is 55.8 Å². The molecule has 2 aliphatic heterocycles. The van der Waals surface area contributed by atoms with Crippen LogP contribution >= 0.6 is 23.2 Å². The molecule has 1 amide bonds. The van der Waals surface area contributed by atoms with Crippen LogP contribution in [0.1, 0.15) is 25.5 Å². The maximum atomic E-state index is 12.3. The molecule has 0 aliphatic carbocycles. The van der Waals surface area contributed by atoms with Crippen LogP contribution in [0.5, 0.6) is 0 Å². The third kappa shape index (κ3) is 8.14. The van der Waals surface area contributed by atoms with Gasteiger partial charge in [0.2, 0.25) is 5.91 Å². The second-order valence-corrected chi connectivity index (χ2v) is 7.52. The van der Waals surface area contributed by atoms with Crippen LogP contribution < -0.4 is 16.0 Å². The Morgan fingerprint density at radius 2 is 1.90 bits per heavy atom. The van der Waals surface area contributed by atoms with Crippen molar-refractivity contribution in [1.82, 2.24) is 20.9 Å². The van der Waals surface area contributed by atoms with Crippen LogP contribution in [0.2, 0.25) is 0 Å². The summed E-state index contributed by atoms with van der Waals surface area (Å²) in [6.45, 7) is 5.77. The van der Waals surface area contributed by atoms with Gasteiger partial charge in [0.1, 0.15) is 5.82 Å². The van der Waals surface area contributed by atoms with Crippen molar-refractivity contribution in [2.75, 3.05) is 39.7 Å². The van der Waals surface area contributed by atoms with Crippen molar-refractivity contribution in [3.63, 3.8) is 0 Å². The lowest BCUT2D eigenvalue weighted by molar-refractivity contribution is -0.130. The lowest BCUT2D eigenvalue weighted by Crippen LogP contribution is -2.55. The highest BCUT2D eigenvalue weighted by Gasteiger charge is 2.36. The van der Waals surface area contributed by atoms with Crippen LogP contribution in [0.15, 0.2) is 46.2 Å². The number of alkyl halides is 1. The molecule has 0 bridgehead atoms. The highest BCUT2D eigenvalue weighted by molar-refractivity contribution is 6.30. The number of nitrogens with one attached hydrogen (secondary N) is 3. The van der Waals surface area contributed by atoms with Gasteiger partial charge in [-0.2, -0.15) is 0 Å². The molecule has 0 radical (unpaired) electrons. The molecule has 1 aromatic carbocycles. The van der Waals surface area contributed by atoms with Crippen LogP contribution in [0.25, 0.3) is 0 Å². The maximum Gasteiger partial charge on any atom is 0.227 e. The quantitative estimate of drug-likeness (QED) is 0.492. The molecular formula is C21H33Cl2N5O2. The van der Waals surface area contributed by atoms with Crippen LogP contribution in [-0.2, 0) is 4.79 Å². The molecule has 7 nitrogen and oxygen atoms in total. The summed E-state index contributed by atoms with van der Waals surface area (Å²) < 4.78 is 0. The smallest absolute Gasteiger partial charge is 0.227 e. The van der Waals surface area contributed by atoms with E-state index >= 15 is 0 Å². The minimum Gasteiger partial charge on any atom is -0.394 e. The number of hydrogen-bond acceptors (Lipinski definition) is 6. The first-order valence-electron chi connectivity index (χ1n) is 9.85. The lowest BCUT2D eigenvalue weighted by Gasteiger charge is -2.42. The molecule has 0 aromatic heterocycles. The predicted molar refractivity (Wildman–Crippen MR) is 125 cm³/mol. The Kier molecular flexibility index (Phi) is 12.5. The molecule has 1 unspecified atom stereocenters. The van der Waals surface area contributed by atoms with Gasteiger partial charge in [0, 0.05) is 25.5 Å². The minimum absolute atomic E-state index is 0.0506. The Morgan fingerprint density at radius 1 is 1.30 bits per heavy atom. The summed E-state index contributed by atoms with van der Waals surface area (Å²) >= 11 is 10.8. The van der Waals surface area contributed by atoms with Crippen molar-refractivity contribution >= 4 is 35.4 Å². The summed E-state index contributed by atoms with van der Waals surface area (Å²) in [6, 6.07) is 9.73. The molecular weight excluding hydrogens is 425 g/mol. The molecule has 168 valence electrons. The van der Waals surface area contributed by atoms with Gasteiger partial charge >= 0.3 is 0 Å². The number of benzene rings is 1. The van der Waals surface area contributed by atoms with Gasteiger partial charge < -0.3 is 26.0 Å². The fourth-order valence-electron chi connectivity index (χ4n) is 2.68. The van der Waals surface area contributed by atoms with Gasteiger partial charge in [-0.3, -0.25) is 9.79 Å². The topological polar surface area (TPSA) is 89.0 Å². The number of rotatable bonds is 6. The van der Waals surface area contributed by atoms with E-state index in [2.05, 4.69) is 46.4 Å². The number of halogens is 2. The molecule has 9 heteroatoms. The average Bonchev–Trinajstić information content (AvgIpc) is 2.74. The number of hydrogen-bond donors (Lipinski definition) is 4. The molecule has 1 fully saturated rings. The SMILES string of the molecule is CCl.CNC(C)C.O=C(NC(CO)c1ccccc1)C1CN(C2=C(Cl)CN=CN2)C1. The molecule has 1 saturated heterocycles. The lowest BCUT2D eigenvalue weighted by atomic mass is 9.97. The summed E-state index contributed by atoms with van der Waals surface area (Å²) in [6.07, 6.45) is 3.09. The van der Waals surface area contributed by atoms with E-state index in [1.165, 1.54) is 6.38 Å². The third-order valence-electron chi connectivity index (χ3n) is 4.63. The summed E-state index contributed by atoms with van der Waals surface area (Å²) in [5.74, 6) is 0.670. The average molecular weight is 458 g/mol. The normalized spacial score (nSPS) is 16.5. The number of likely N-dealkylation sites (tertiary alicyclic amines) is 1. The highest BCUT2D eigenvalue weighted by atomic mass is 35.5. The first-order valence-corrected chi connectivity index (χ1v) is 11.0. The van der Waals surface area contributed by atoms with E-state index in [9.17, 15) is 9.90 Å². The van der Waals surface area contributed by atoms with Crippen LogP contribution in [0.3, 0.4) is 0 Å². The van der Waals surface area contributed by atoms with E-state index < -0.39 is 0 Å². The van der Waals surface area contributed by atoms with Crippen molar-refractivity contribution in [2.45, 2.75) is 25.9 Å². The van der Waals surface area contributed by atoms with Gasteiger partial charge in [-0.15, -0.1) is 11.6 Å². The Morgan fingerprint density at radius 3 is 2.40 bits per heavy atom. The fraction of sp³-hybridized carbons (Fsp3) is 0.524. The molecule has 4 N–H and O–H groups in total. The van der Waals surface area contributed by atoms with Crippen molar-refractivity contribution < 1.29 is 9.90 Å². The van der Waals surface area contributed by atoms with Gasteiger partial charge in [-0.05, 0) is 12.6 Å². The number of aliphatic imine (C=N–C) groups is 1. The molecule has 0 saturated carbocycles. The van der Waals surface area contributed by atoms with Gasteiger partial charge in [0.15, 0.2) is 0 Å². The van der Waals surface area contributed by atoms with Crippen molar-refractivity contribution in [3.05, 3.63) is 46.7 Å². The van der Waals surface area contributed by atoms with Gasteiger partial charge in [-0.25, -0.2) is 0 Å². The van der Waals surface area contributed by atoms with Crippen LogP contribution in [-0.4, -0.2) is 68.0 Å². The summed E-state index contributed by atoms with van der Waals surface area (Å²) in [7, 11) is 1.95. The second-order valence-electron chi connectivity index (χ2n) is 7.07. The first kappa shape index (κ1) is 26.2. The number of amides is 1. The van der Waals surface area contributed by atoms with E-state index in [-0.39, 0.29) is 24.5 Å². The second kappa shape index (κ2) is 14.2. The predicted octanol–water partition coefficient (Wildman–Crippen LogP) is 2.28. The fourth-order valence-corrected chi connectivity index (χ4v) is 2.93. The maximum absolute atomic E-state index is 12.3. The molecule has 0 spiro atoms. The molecule has 30 heavy (non-hydrogen) atoms. The minimum atomic E-state index is -0.375. The Hall–Kier alpha value is -1.80. The van der Waals surface area contributed by atoms with Gasteiger partial charge in [0.05, 0.1) is 36.5 Å². The molecule has 1 atom stereocenters. The highest BCUT2D eigenvalue weighted by Crippen LogP contribution is 2.25. The van der Waals surface area contributed by atoms with Crippen LogP contribution in [0, 0.1) is 5.92 Å². The Balaban J connectivity index is 0.000000565.